The highest BCUT2D eigenvalue weighted by Gasteiger charge is 2.52. The van der Waals surface area contributed by atoms with E-state index >= 15 is 0 Å². The van der Waals surface area contributed by atoms with Crippen LogP contribution in [-0.2, 0) is 5.41 Å². The van der Waals surface area contributed by atoms with E-state index in [-0.39, 0.29) is 5.41 Å². The van der Waals surface area contributed by atoms with Gasteiger partial charge in [-0.1, -0.05) is 0 Å². The van der Waals surface area contributed by atoms with Crippen molar-refractivity contribution < 1.29 is 9.84 Å². The van der Waals surface area contributed by atoms with Gasteiger partial charge in [0, 0.05) is 6.07 Å². The van der Waals surface area contributed by atoms with Crippen LogP contribution < -0.4 is 4.74 Å². The van der Waals surface area contributed by atoms with Gasteiger partial charge in [-0.15, -0.1) is 0 Å². The van der Waals surface area contributed by atoms with Crippen molar-refractivity contribution in [3.8, 4) is 11.5 Å². The molecule has 4 saturated carbocycles. The Labute approximate surface area is 128 Å². The predicted octanol–water partition coefficient (Wildman–Crippen LogP) is 4.63. The molecule has 0 unspecified atom stereocenters. The molecule has 0 aliphatic heterocycles. The second kappa shape index (κ2) is 4.40. The smallest absolute Gasteiger partial charge is 0.133 e. The first-order chi connectivity index (χ1) is 9.59. The van der Waals surface area contributed by atoms with E-state index < -0.39 is 0 Å². The molecule has 1 N–H and O–H groups in total. The molecule has 108 valence electrons. The van der Waals surface area contributed by atoms with E-state index in [1.165, 1.54) is 44.1 Å². The SMILES string of the molecule is COc1cc(O)c(Br)c(C23CC4CC(CC(C4)C2)C3)c1. The molecule has 4 aliphatic rings. The zero-order chi connectivity index (χ0) is 13.9. The lowest BCUT2D eigenvalue weighted by Gasteiger charge is -2.57. The molecule has 0 heterocycles. The van der Waals surface area contributed by atoms with Gasteiger partial charge in [0.15, 0.2) is 0 Å². The minimum absolute atomic E-state index is 0.277. The van der Waals surface area contributed by atoms with Crippen molar-refractivity contribution in [2.24, 2.45) is 17.8 Å². The fourth-order valence-electron chi connectivity index (χ4n) is 5.53. The molecule has 3 heteroatoms. The van der Waals surface area contributed by atoms with Crippen LogP contribution in [0.25, 0.3) is 0 Å². The maximum atomic E-state index is 10.2. The summed E-state index contributed by atoms with van der Waals surface area (Å²) in [6.07, 6.45) is 8.20. The number of aromatic hydroxyl groups is 1. The molecule has 1 aromatic carbocycles. The number of halogens is 1. The van der Waals surface area contributed by atoms with Gasteiger partial charge >= 0.3 is 0 Å². The normalized spacial score (nSPS) is 38.2. The summed E-state index contributed by atoms with van der Waals surface area (Å²) in [4.78, 5) is 0. The highest BCUT2D eigenvalue weighted by molar-refractivity contribution is 9.10. The maximum absolute atomic E-state index is 10.2. The summed E-state index contributed by atoms with van der Waals surface area (Å²) in [5.41, 5.74) is 1.56. The zero-order valence-corrected chi connectivity index (χ0v) is 13.4. The van der Waals surface area contributed by atoms with Crippen LogP contribution in [0, 0.1) is 17.8 Å². The molecule has 2 nitrogen and oxygen atoms in total. The summed E-state index contributed by atoms with van der Waals surface area (Å²) in [6, 6.07) is 3.85. The van der Waals surface area contributed by atoms with Gasteiger partial charge < -0.3 is 9.84 Å². The van der Waals surface area contributed by atoms with Gasteiger partial charge in [-0.25, -0.2) is 0 Å². The standard InChI is InChI=1S/C17H21BrO2/c1-20-13-5-14(16(18)15(19)6-13)17-7-10-2-11(8-17)4-12(3-10)9-17/h5-6,10-12,19H,2-4,7-9H2,1H3. The quantitative estimate of drug-likeness (QED) is 0.852. The largest absolute Gasteiger partial charge is 0.507 e. The average molecular weight is 337 g/mol. The third kappa shape index (κ3) is 1.82. The van der Waals surface area contributed by atoms with Crippen LogP contribution in [0.4, 0.5) is 0 Å². The lowest BCUT2D eigenvalue weighted by molar-refractivity contribution is -0.00570. The van der Waals surface area contributed by atoms with Gasteiger partial charge in [0.05, 0.1) is 11.6 Å². The Morgan fingerprint density at radius 1 is 1.10 bits per heavy atom. The number of phenols is 1. The molecule has 0 spiro atoms. The van der Waals surface area contributed by atoms with E-state index in [0.717, 1.165) is 28.0 Å². The molecule has 0 aromatic heterocycles. The topological polar surface area (TPSA) is 29.5 Å². The highest BCUT2D eigenvalue weighted by atomic mass is 79.9. The van der Waals surface area contributed by atoms with Crippen molar-refractivity contribution >= 4 is 15.9 Å². The Hall–Kier alpha value is -0.700. The maximum Gasteiger partial charge on any atom is 0.133 e. The Balaban J connectivity index is 1.82. The molecule has 5 rings (SSSR count). The van der Waals surface area contributed by atoms with Crippen molar-refractivity contribution in [2.75, 3.05) is 7.11 Å². The van der Waals surface area contributed by atoms with Crippen LogP contribution in [0.15, 0.2) is 16.6 Å². The van der Waals surface area contributed by atoms with Crippen molar-refractivity contribution in [1.82, 2.24) is 0 Å². The molecule has 0 saturated heterocycles. The summed E-state index contributed by atoms with van der Waals surface area (Å²) in [7, 11) is 1.67. The minimum Gasteiger partial charge on any atom is -0.507 e. The van der Waals surface area contributed by atoms with E-state index in [9.17, 15) is 5.11 Å². The monoisotopic (exact) mass is 336 g/mol. The minimum atomic E-state index is 0.277. The van der Waals surface area contributed by atoms with Crippen LogP contribution in [0.3, 0.4) is 0 Å². The number of phenolic OH excluding ortho intramolecular Hbond substituents is 1. The number of hydrogen-bond acceptors (Lipinski definition) is 2. The number of ether oxygens (including phenoxy) is 1. The van der Waals surface area contributed by atoms with E-state index in [0.29, 0.717) is 5.75 Å². The summed E-state index contributed by atoms with van der Waals surface area (Å²) in [5, 5.41) is 10.2. The summed E-state index contributed by atoms with van der Waals surface area (Å²) < 4.78 is 6.26. The van der Waals surface area contributed by atoms with Crippen molar-refractivity contribution in [3.63, 3.8) is 0 Å². The number of benzene rings is 1. The molecule has 0 amide bonds. The van der Waals surface area contributed by atoms with E-state index in [1.54, 1.807) is 13.2 Å². The van der Waals surface area contributed by atoms with Crippen molar-refractivity contribution in [1.29, 1.82) is 0 Å². The molecule has 4 aliphatic carbocycles. The predicted molar refractivity (Wildman–Crippen MR) is 82.2 cm³/mol. The third-order valence-corrected chi connectivity index (χ3v) is 6.71. The van der Waals surface area contributed by atoms with Crippen molar-refractivity contribution in [3.05, 3.63) is 22.2 Å². The van der Waals surface area contributed by atoms with Gasteiger partial charge in [0.25, 0.3) is 0 Å². The Morgan fingerprint density at radius 2 is 1.65 bits per heavy atom. The molecule has 4 bridgehead atoms. The van der Waals surface area contributed by atoms with E-state index in [2.05, 4.69) is 22.0 Å². The van der Waals surface area contributed by atoms with Crippen LogP contribution in [-0.4, -0.2) is 12.2 Å². The molecule has 4 fully saturated rings. The zero-order valence-electron chi connectivity index (χ0n) is 11.9. The second-order valence-corrected chi connectivity index (χ2v) is 8.00. The molecule has 20 heavy (non-hydrogen) atoms. The van der Waals surface area contributed by atoms with Gasteiger partial charge in [-0.3, -0.25) is 0 Å². The van der Waals surface area contributed by atoms with Crippen LogP contribution >= 0.6 is 15.9 Å². The Kier molecular flexibility index (Phi) is 2.86. The summed E-state index contributed by atoms with van der Waals surface area (Å²) >= 11 is 3.63. The fraction of sp³-hybridized carbons (Fsp3) is 0.647. The first kappa shape index (κ1) is 13.0. The summed E-state index contributed by atoms with van der Waals surface area (Å²) in [6.45, 7) is 0. The molecule has 1 aromatic rings. The first-order valence-electron chi connectivity index (χ1n) is 7.66. The molecule has 0 radical (unpaired) electrons. The lowest BCUT2D eigenvalue weighted by Crippen LogP contribution is -2.48. The molecular weight excluding hydrogens is 316 g/mol. The second-order valence-electron chi connectivity index (χ2n) is 7.21. The highest BCUT2D eigenvalue weighted by Crippen LogP contribution is 2.62. The van der Waals surface area contributed by atoms with E-state index in [4.69, 9.17) is 4.74 Å². The number of methoxy groups -OCH3 is 1. The van der Waals surface area contributed by atoms with Gasteiger partial charge in [-0.05, 0) is 89.3 Å². The summed E-state index contributed by atoms with van der Waals surface area (Å²) in [5.74, 6) is 3.80. The van der Waals surface area contributed by atoms with Gasteiger partial charge in [0.2, 0.25) is 0 Å². The number of hydrogen-bond donors (Lipinski definition) is 1. The van der Waals surface area contributed by atoms with Crippen LogP contribution in [0.1, 0.15) is 44.1 Å². The van der Waals surface area contributed by atoms with Crippen LogP contribution in [0.2, 0.25) is 0 Å². The van der Waals surface area contributed by atoms with Gasteiger partial charge in [-0.2, -0.15) is 0 Å². The number of rotatable bonds is 2. The lowest BCUT2D eigenvalue weighted by atomic mass is 9.48. The third-order valence-electron chi connectivity index (χ3n) is 5.87. The molecule has 0 atom stereocenters. The average Bonchev–Trinajstić information content (AvgIpc) is 2.40. The Bertz CT molecular complexity index is 517. The molecular formula is C17H21BrO2. The van der Waals surface area contributed by atoms with Crippen LogP contribution in [0.5, 0.6) is 11.5 Å². The van der Waals surface area contributed by atoms with Gasteiger partial charge in [0.1, 0.15) is 11.5 Å². The van der Waals surface area contributed by atoms with E-state index in [1.807, 2.05) is 0 Å². The first-order valence-corrected chi connectivity index (χ1v) is 8.46. The Morgan fingerprint density at radius 3 is 2.15 bits per heavy atom. The fourth-order valence-corrected chi connectivity index (χ4v) is 6.18. The van der Waals surface area contributed by atoms with Crippen molar-refractivity contribution in [2.45, 2.75) is 43.9 Å².